The largest absolute Gasteiger partial charge is 0.369 e. The van der Waals surface area contributed by atoms with Crippen LogP contribution >= 0.6 is 24.8 Å². The molecule has 2 aliphatic heterocycles. The van der Waals surface area contributed by atoms with Crippen molar-refractivity contribution in [3.05, 3.63) is 53.5 Å². The summed E-state index contributed by atoms with van der Waals surface area (Å²) in [7, 11) is 2.22. The summed E-state index contributed by atoms with van der Waals surface area (Å²) in [5, 5.41) is 7.19. The Hall–Kier alpha value is -1.40. The Morgan fingerprint density at radius 2 is 1.75 bits per heavy atom. The first-order valence-corrected chi connectivity index (χ1v) is 9.78. The minimum atomic E-state index is 0. The number of aromatic nitrogens is 2. The van der Waals surface area contributed by atoms with Crippen molar-refractivity contribution in [3.63, 3.8) is 0 Å². The standard InChI is InChI=1S/C21H29N5.2ClH/c1-26-13-9-21(10-14-26,17-5-3-2-4-6-17)15-23-20-18-7-11-22-12-8-19(18)24-16-25-20;;/h2-6,16,22H,7-15H2,1H3,(H,23,24,25);2*1H. The molecule has 3 heterocycles. The van der Waals surface area contributed by atoms with Crippen molar-refractivity contribution >= 4 is 30.6 Å². The lowest BCUT2D eigenvalue weighted by Crippen LogP contribution is -2.45. The van der Waals surface area contributed by atoms with Crippen molar-refractivity contribution in [2.75, 3.05) is 45.1 Å². The molecule has 1 saturated heterocycles. The molecule has 1 aromatic carbocycles. The topological polar surface area (TPSA) is 53.1 Å². The number of hydrogen-bond donors (Lipinski definition) is 2. The van der Waals surface area contributed by atoms with Crippen molar-refractivity contribution < 1.29 is 0 Å². The molecule has 0 radical (unpaired) electrons. The van der Waals surface area contributed by atoms with E-state index < -0.39 is 0 Å². The molecule has 7 heteroatoms. The van der Waals surface area contributed by atoms with Crippen LogP contribution in [0, 0.1) is 0 Å². The number of nitrogens with one attached hydrogen (secondary N) is 2. The molecule has 2 aliphatic rings. The zero-order chi connectivity index (χ0) is 17.8. The maximum absolute atomic E-state index is 4.60. The molecule has 0 bridgehead atoms. The van der Waals surface area contributed by atoms with Gasteiger partial charge in [-0.25, -0.2) is 9.97 Å². The van der Waals surface area contributed by atoms with Gasteiger partial charge in [0.25, 0.3) is 0 Å². The molecule has 0 atom stereocenters. The Labute approximate surface area is 180 Å². The lowest BCUT2D eigenvalue weighted by Gasteiger charge is -2.41. The minimum Gasteiger partial charge on any atom is -0.369 e. The number of rotatable bonds is 4. The Morgan fingerprint density at radius 3 is 2.50 bits per heavy atom. The van der Waals surface area contributed by atoms with Gasteiger partial charge in [-0.3, -0.25) is 0 Å². The van der Waals surface area contributed by atoms with Gasteiger partial charge in [0.15, 0.2) is 0 Å². The quantitative estimate of drug-likeness (QED) is 0.790. The molecular weight excluding hydrogens is 393 g/mol. The average molecular weight is 424 g/mol. The maximum atomic E-state index is 4.60. The van der Waals surface area contributed by atoms with Crippen LogP contribution in [0.2, 0.25) is 0 Å². The number of benzene rings is 1. The van der Waals surface area contributed by atoms with Gasteiger partial charge in [0.1, 0.15) is 12.1 Å². The SMILES string of the molecule is CN1CCC(CNc2ncnc3c2CCNCC3)(c2ccccc2)CC1.Cl.Cl. The molecule has 0 spiro atoms. The second kappa shape index (κ2) is 10.4. The molecule has 2 aromatic rings. The van der Waals surface area contributed by atoms with E-state index in [-0.39, 0.29) is 30.2 Å². The summed E-state index contributed by atoms with van der Waals surface area (Å²) >= 11 is 0. The Bertz CT molecular complexity index is 733. The summed E-state index contributed by atoms with van der Waals surface area (Å²) < 4.78 is 0. The highest BCUT2D eigenvalue weighted by Crippen LogP contribution is 2.35. The van der Waals surface area contributed by atoms with Crippen LogP contribution in [0.15, 0.2) is 36.7 Å². The molecule has 5 nitrogen and oxygen atoms in total. The van der Waals surface area contributed by atoms with Crippen LogP contribution in [0.3, 0.4) is 0 Å². The molecule has 1 aromatic heterocycles. The highest BCUT2D eigenvalue weighted by molar-refractivity contribution is 5.85. The van der Waals surface area contributed by atoms with Crippen LogP contribution in [0.4, 0.5) is 5.82 Å². The van der Waals surface area contributed by atoms with E-state index in [1.807, 2.05) is 0 Å². The van der Waals surface area contributed by atoms with Crippen LogP contribution in [-0.2, 0) is 18.3 Å². The van der Waals surface area contributed by atoms with Gasteiger partial charge in [0, 0.05) is 30.5 Å². The highest BCUT2D eigenvalue weighted by Gasteiger charge is 2.35. The second-order valence-electron chi connectivity index (χ2n) is 7.70. The number of nitrogens with zero attached hydrogens (tertiary/aromatic N) is 3. The predicted molar refractivity (Wildman–Crippen MR) is 120 cm³/mol. The van der Waals surface area contributed by atoms with Crippen molar-refractivity contribution in [1.29, 1.82) is 0 Å². The first-order valence-electron chi connectivity index (χ1n) is 9.78. The van der Waals surface area contributed by atoms with Gasteiger partial charge >= 0.3 is 0 Å². The van der Waals surface area contributed by atoms with Gasteiger partial charge in [-0.15, -0.1) is 24.8 Å². The second-order valence-corrected chi connectivity index (χ2v) is 7.70. The molecule has 2 N–H and O–H groups in total. The fraction of sp³-hybridized carbons (Fsp3) is 0.524. The van der Waals surface area contributed by atoms with Gasteiger partial charge in [-0.2, -0.15) is 0 Å². The van der Waals surface area contributed by atoms with Crippen molar-refractivity contribution in [3.8, 4) is 0 Å². The number of piperidine rings is 1. The Morgan fingerprint density at radius 1 is 1.04 bits per heavy atom. The van der Waals surface area contributed by atoms with Crippen LogP contribution < -0.4 is 10.6 Å². The number of anilines is 1. The van der Waals surface area contributed by atoms with Crippen LogP contribution in [0.5, 0.6) is 0 Å². The smallest absolute Gasteiger partial charge is 0.132 e. The fourth-order valence-electron chi connectivity index (χ4n) is 4.28. The summed E-state index contributed by atoms with van der Waals surface area (Å²) in [6.07, 6.45) is 6.06. The van der Waals surface area contributed by atoms with Crippen molar-refractivity contribution in [2.45, 2.75) is 31.1 Å². The number of likely N-dealkylation sites (tertiary alicyclic amines) is 1. The molecule has 28 heavy (non-hydrogen) atoms. The summed E-state index contributed by atoms with van der Waals surface area (Å²) in [6, 6.07) is 11.0. The zero-order valence-corrected chi connectivity index (χ0v) is 18.1. The van der Waals surface area contributed by atoms with Crippen LogP contribution in [0.25, 0.3) is 0 Å². The summed E-state index contributed by atoms with van der Waals surface area (Å²) in [4.78, 5) is 11.6. The summed E-state index contributed by atoms with van der Waals surface area (Å²) in [5.41, 5.74) is 4.12. The molecule has 0 aliphatic carbocycles. The van der Waals surface area contributed by atoms with Gasteiger partial charge in [0.05, 0.1) is 5.69 Å². The first kappa shape index (κ1) is 22.9. The van der Waals surface area contributed by atoms with Gasteiger partial charge < -0.3 is 15.5 Å². The fourth-order valence-corrected chi connectivity index (χ4v) is 4.28. The van der Waals surface area contributed by atoms with E-state index in [9.17, 15) is 0 Å². The van der Waals surface area contributed by atoms with E-state index in [0.29, 0.717) is 0 Å². The lowest BCUT2D eigenvalue weighted by atomic mass is 9.72. The van der Waals surface area contributed by atoms with E-state index in [1.165, 1.54) is 29.7 Å². The third kappa shape index (κ3) is 4.95. The van der Waals surface area contributed by atoms with E-state index in [4.69, 9.17) is 0 Å². The molecule has 0 amide bonds. The van der Waals surface area contributed by atoms with E-state index in [2.05, 4.69) is 62.9 Å². The molecule has 1 fully saturated rings. The first-order chi connectivity index (χ1) is 12.8. The van der Waals surface area contributed by atoms with E-state index in [1.54, 1.807) is 6.33 Å². The average Bonchev–Trinajstić information content (AvgIpc) is 2.94. The van der Waals surface area contributed by atoms with Crippen molar-refractivity contribution in [1.82, 2.24) is 20.2 Å². The van der Waals surface area contributed by atoms with Crippen molar-refractivity contribution in [2.24, 2.45) is 0 Å². The normalized spacial score (nSPS) is 18.8. The Kier molecular flexibility index (Phi) is 8.50. The summed E-state index contributed by atoms with van der Waals surface area (Å²) in [5.74, 6) is 1.04. The number of hydrogen-bond acceptors (Lipinski definition) is 5. The molecule has 4 rings (SSSR count). The molecule has 154 valence electrons. The van der Waals surface area contributed by atoms with Gasteiger partial charge in [-0.1, -0.05) is 30.3 Å². The number of fused-ring (bicyclic) bond motifs is 1. The van der Waals surface area contributed by atoms with Gasteiger partial charge in [-0.05, 0) is 51.5 Å². The highest BCUT2D eigenvalue weighted by atomic mass is 35.5. The predicted octanol–water partition coefficient (Wildman–Crippen LogP) is 3.08. The maximum Gasteiger partial charge on any atom is 0.132 e. The molecule has 0 saturated carbocycles. The third-order valence-electron chi connectivity index (χ3n) is 6.05. The van der Waals surface area contributed by atoms with Gasteiger partial charge in [0.2, 0.25) is 0 Å². The molecule has 0 unspecified atom stereocenters. The summed E-state index contributed by atoms with van der Waals surface area (Å²) in [6.45, 7) is 5.22. The number of halogens is 2. The lowest BCUT2D eigenvalue weighted by molar-refractivity contribution is 0.195. The Balaban J connectivity index is 0.00000140. The minimum absolute atomic E-state index is 0. The van der Waals surface area contributed by atoms with E-state index in [0.717, 1.165) is 51.4 Å². The van der Waals surface area contributed by atoms with Crippen LogP contribution in [-0.4, -0.2) is 54.6 Å². The third-order valence-corrected chi connectivity index (χ3v) is 6.05. The monoisotopic (exact) mass is 423 g/mol. The van der Waals surface area contributed by atoms with E-state index >= 15 is 0 Å². The van der Waals surface area contributed by atoms with Crippen LogP contribution in [0.1, 0.15) is 29.7 Å². The zero-order valence-electron chi connectivity index (χ0n) is 16.5. The molecular formula is C21H31Cl2N5.